The van der Waals surface area contributed by atoms with E-state index in [1.165, 1.54) is 31.3 Å². The molecule has 5 aliphatic rings. The zero-order valence-corrected chi connectivity index (χ0v) is 21.4. The molecule has 7 atom stereocenters. The fourth-order valence-corrected chi connectivity index (χ4v) is 9.11. The highest BCUT2D eigenvalue weighted by molar-refractivity contribution is 5.92. The Hall–Kier alpha value is -1.53. The molecule has 6 nitrogen and oxygen atoms in total. The van der Waals surface area contributed by atoms with Gasteiger partial charge in [-0.25, -0.2) is 0 Å². The van der Waals surface area contributed by atoms with E-state index < -0.39 is 22.9 Å². The Morgan fingerprint density at radius 3 is 2.57 bits per heavy atom. The van der Waals surface area contributed by atoms with Crippen LogP contribution in [0.1, 0.15) is 97.3 Å². The number of fused-ring (bicyclic) bond motifs is 5. The smallest absolute Gasteiger partial charge is 0.306 e. The molecule has 0 unspecified atom stereocenters. The summed E-state index contributed by atoms with van der Waals surface area (Å²) in [6.45, 7) is 3.77. The number of hydrogen-bond donors (Lipinski definition) is 2. The van der Waals surface area contributed by atoms with Crippen molar-refractivity contribution in [1.82, 2.24) is 0 Å². The summed E-state index contributed by atoms with van der Waals surface area (Å²) in [7, 11) is 0. The number of esters is 1. The van der Waals surface area contributed by atoms with Gasteiger partial charge in [-0.05, 0) is 80.1 Å². The maximum Gasteiger partial charge on any atom is 0.306 e. The molecular formula is C29H42O6. The highest BCUT2D eigenvalue weighted by Crippen LogP contribution is 2.67. The molecule has 5 rings (SSSR count). The molecule has 35 heavy (non-hydrogen) atoms. The second-order valence-electron chi connectivity index (χ2n) is 12.7. The molecule has 0 heterocycles. The van der Waals surface area contributed by atoms with Gasteiger partial charge in [0.05, 0.1) is 6.10 Å². The summed E-state index contributed by atoms with van der Waals surface area (Å²) >= 11 is 0. The van der Waals surface area contributed by atoms with Gasteiger partial charge in [0.25, 0.3) is 0 Å². The van der Waals surface area contributed by atoms with Crippen LogP contribution in [-0.2, 0) is 19.1 Å². The molecular weight excluding hydrogens is 444 g/mol. The van der Waals surface area contributed by atoms with E-state index in [4.69, 9.17) is 4.74 Å². The fraction of sp³-hybridized carbons (Fsp3) is 0.828. The number of aliphatic hydroxyl groups excluding tert-OH is 1. The third-order valence-electron chi connectivity index (χ3n) is 11.1. The van der Waals surface area contributed by atoms with Gasteiger partial charge in [-0.1, -0.05) is 45.1 Å². The van der Waals surface area contributed by atoms with Crippen molar-refractivity contribution in [3.63, 3.8) is 0 Å². The minimum Gasteiger partial charge on any atom is -0.458 e. The van der Waals surface area contributed by atoms with Gasteiger partial charge in [-0.2, -0.15) is 0 Å². The monoisotopic (exact) mass is 486 g/mol. The summed E-state index contributed by atoms with van der Waals surface area (Å²) in [6, 6.07) is 0. The molecule has 5 aliphatic carbocycles. The van der Waals surface area contributed by atoms with Gasteiger partial charge in [0, 0.05) is 18.3 Å². The number of Topliss-reactive ketones (excluding diaryl/α,β-unsaturated/α-hetero) is 1. The number of aliphatic hydroxyl groups is 2. The summed E-state index contributed by atoms with van der Waals surface area (Å²) in [6.07, 6.45) is 11.5. The standard InChI is InChI=1S/C29H42O6/c1-27-13-11-20(30)15-19(27)8-9-21-22-12-14-29(34,28(22,2)16-23(31)26(21)27)24(32)17-35-25(33)10-7-18-5-3-4-6-18/h15,18,21-23,26,31,34H,3-14,16-17H2,1-2H3/t21-,22-,23-,26+,27-,28-,29+/m0/s1. The van der Waals surface area contributed by atoms with Gasteiger partial charge in [0.15, 0.2) is 12.4 Å². The molecule has 0 bridgehead atoms. The van der Waals surface area contributed by atoms with Crippen LogP contribution in [0.3, 0.4) is 0 Å². The first-order valence-electron chi connectivity index (χ1n) is 13.9. The van der Waals surface area contributed by atoms with E-state index in [9.17, 15) is 24.6 Å². The molecule has 0 aliphatic heterocycles. The lowest BCUT2D eigenvalue weighted by Gasteiger charge is -2.60. The Morgan fingerprint density at radius 2 is 1.83 bits per heavy atom. The third-order valence-corrected chi connectivity index (χ3v) is 11.1. The topological polar surface area (TPSA) is 101 Å². The second-order valence-corrected chi connectivity index (χ2v) is 12.7. The summed E-state index contributed by atoms with van der Waals surface area (Å²) in [5.41, 5.74) is -1.36. The summed E-state index contributed by atoms with van der Waals surface area (Å²) < 4.78 is 5.35. The van der Waals surface area contributed by atoms with Gasteiger partial charge >= 0.3 is 5.97 Å². The Labute approximate surface area is 208 Å². The third kappa shape index (κ3) is 4.03. The van der Waals surface area contributed by atoms with E-state index in [1.807, 2.05) is 13.0 Å². The first-order valence-corrected chi connectivity index (χ1v) is 13.9. The van der Waals surface area contributed by atoms with Crippen molar-refractivity contribution < 1.29 is 29.3 Å². The average molecular weight is 487 g/mol. The van der Waals surface area contributed by atoms with Crippen LogP contribution in [0.15, 0.2) is 11.6 Å². The number of hydrogen-bond acceptors (Lipinski definition) is 6. The lowest BCUT2D eigenvalue weighted by atomic mass is 9.45. The molecule has 0 spiro atoms. The molecule has 0 aromatic heterocycles. The Balaban J connectivity index is 1.28. The first kappa shape index (κ1) is 25.1. The van der Waals surface area contributed by atoms with Crippen molar-refractivity contribution in [2.24, 2.45) is 34.5 Å². The zero-order valence-electron chi connectivity index (χ0n) is 21.4. The molecule has 194 valence electrons. The number of carbonyl (C=O) groups excluding carboxylic acids is 3. The van der Waals surface area contributed by atoms with Crippen molar-refractivity contribution >= 4 is 17.5 Å². The van der Waals surface area contributed by atoms with Crippen molar-refractivity contribution in [2.45, 2.75) is 109 Å². The molecule has 0 saturated heterocycles. The van der Waals surface area contributed by atoms with E-state index in [2.05, 4.69) is 6.92 Å². The van der Waals surface area contributed by atoms with Crippen LogP contribution < -0.4 is 0 Å². The van der Waals surface area contributed by atoms with Crippen LogP contribution in [0.2, 0.25) is 0 Å². The molecule has 4 fully saturated rings. The number of rotatable bonds is 6. The van der Waals surface area contributed by atoms with Crippen LogP contribution in [0, 0.1) is 34.5 Å². The number of allylic oxidation sites excluding steroid dienone is 1. The SMILES string of the molecule is C[C@]12CCC(=O)C=C1CC[C@@H]1[C@@H]2[C@@H](O)C[C@@]2(C)[C@H]1CC[C@@]2(O)C(=O)COC(=O)CCC1CCCC1. The molecule has 6 heteroatoms. The predicted molar refractivity (Wildman–Crippen MR) is 130 cm³/mol. The minimum absolute atomic E-state index is 0.0412. The predicted octanol–water partition coefficient (Wildman–Crippen LogP) is 4.30. The Bertz CT molecular complexity index is 918. The van der Waals surface area contributed by atoms with Gasteiger partial charge in [0.2, 0.25) is 5.78 Å². The van der Waals surface area contributed by atoms with E-state index >= 15 is 0 Å². The fourth-order valence-electron chi connectivity index (χ4n) is 9.11. The lowest BCUT2D eigenvalue weighted by molar-refractivity contribution is -0.184. The van der Waals surface area contributed by atoms with E-state index in [-0.39, 0.29) is 41.5 Å². The Kier molecular flexibility index (Phi) is 6.53. The molecule has 0 aromatic rings. The number of ether oxygens (including phenoxy) is 1. The van der Waals surface area contributed by atoms with Crippen LogP contribution in [0.5, 0.6) is 0 Å². The molecule has 0 radical (unpaired) electrons. The van der Waals surface area contributed by atoms with Gasteiger partial charge in [-0.15, -0.1) is 0 Å². The molecule has 4 saturated carbocycles. The van der Waals surface area contributed by atoms with Crippen molar-refractivity contribution in [1.29, 1.82) is 0 Å². The van der Waals surface area contributed by atoms with Gasteiger partial charge in [0.1, 0.15) is 5.60 Å². The number of ketones is 2. The molecule has 2 N–H and O–H groups in total. The molecule has 0 aromatic carbocycles. The normalized spacial score (nSPS) is 43.2. The largest absolute Gasteiger partial charge is 0.458 e. The lowest BCUT2D eigenvalue weighted by Crippen LogP contribution is -2.62. The summed E-state index contributed by atoms with van der Waals surface area (Å²) in [4.78, 5) is 37.7. The van der Waals surface area contributed by atoms with Crippen LogP contribution in [-0.4, -0.2) is 46.1 Å². The summed E-state index contributed by atoms with van der Waals surface area (Å²) in [5.74, 6) is 0.360. The van der Waals surface area contributed by atoms with E-state index in [0.717, 1.165) is 32.1 Å². The van der Waals surface area contributed by atoms with Crippen molar-refractivity contribution in [3.05, 3.63) is 11.6 Å². The quantitative estimate of drug-likeness (QED) is 0.543. The highest BCUT2D eigenvalue weighted by Gasteiger charge is 2.68. The highest BCUT2D eigenvalue weighted by atomic mass is 16.5. The van der Waals surface area contributed by atoms with Gasteiger partial charge < -0.3 is 14.9 Å². The maximum atomic E-state index is 13.3. The summed E-state index contributed by atoms with van der Waals surface area (Å²) in [5, 5.41) is 23.2. The van der Waals surface area contributed by atoms with Crippen LogP contribution in [0.25, 0.3) is 0 Å². The van der Waals surface area contributed by atoms with Crippen LogP contribution in [0.4, 0.5) is 0 Å². The first-order chi connectivity index (χ1) is 16.6. The number of carbonyl (C=O) groups is 3. The van der Waals surface area contributed by atoms with Crippen LogP contribution >= 0.6 is 0 Å². The molecule has 0 amide bonds. The van der Waals surface area contributed by atoms with Crippen molar-refractivity contribution in [3.8, 4) is 0 Å². The van der Waals surface area contributed by atoms with E-state index in [1.54, 1.807) is 0 Å². The minimum atomic E-state index is -1.59. The van der Waals surface area contributed by atoms with E-state index in [0.29, 0.717) is 31.6 Å². The zero-order chi connectivity index (χ0) is 25.0. The average Bonchev–Trinajstić information content (AvgIpc) is 3.43. The Morgan fingerprint density at radius 1 is 1.09 bits per heavy atom. The maximum absolute atomic E-state index is 13.3. The van der Waals surface area contributed by atoms with Gasteiger partial charge in [-0.3, -0.25) is 14.4 Å². The second kappa shape index (κ2) is 9.09. The van der Waals surface area contributed by atoms with Crippen molar-refractivity contribution in [2.75, 3.05) is 6.61 Å².